The highest BCUT2D eigenvalue weighted by molar-refractivity contribution is 9.10. The number of nitrogens with one attached hydrogen (secondary N) is 1. The normalized spacial score (nSPS) is 10.1. The molecule has 0 atom stereocenters. The Bertz CT molecular complexity index is 693. The molecule has 0 spiro atoms. The maximum atomic E-state index is 13.2. The van der Waals surface area contributed by atoms with Crippen LogP contribution in [-0.2, 0) is 0 Å². The van der Waals surface area contributed by atoms with Crippen molar-refractivity contribution in [3.63, 3.8) is 0 Å². The van der Waals surface area contributed by atoms with Crippen molar-refractivity contribution in [3.05, 3.63) is 62.5 Å². The number of aromatic nitrogens is 1. The monoisotopic (exact) mass is 339 g/mol. The Hall–Kier alpha value is -2.35. The van der Waals surface area contributed by atoms with Crippen molar-refractivity contribution in [1.82, 2.24) is 4.98 Å². The van der Waals surface area contributed by atoms with Crippen molar-refractivity contribution in [2.75, 3.05) is 5.32 Å². The molecule has 0 saturated carbocycles. The van der Waals surface area contributed by atoms with Gasteiger partial charge >= 0.3 is 5.69 Å². The van der Waals surface area contributed by atoms with Crippen LogP contribution >= 0.6 is 15.9 Å². The fourth-order valence-electron chi connectivity index (χ4n) is 1.46. The maximum Gasteiger partial charge on any atom is 0.305 e. The largest absolute Gasteiger partial charge is 0.307 e. The van der Waals surface area contributed by atoms with Crippen molar-refractivity contribution in [2.24, 2.45) is 0 Å². The molecular formula is C12H7BrFN3O3. The van der Waals surface area contributed by atoms with Gasteiger partial charge in [-0.25, -0.2) is 4.98 Å². The summed E-state index contributed by atoms with van der Waals surface area (Å²) in [6, 6.07) is 6.16. The third-order valence-electron chi connectivity index (χ3n) is 2.37. The molecule has 8 heteroatoms. The van der Waals surface area contributed by atoms with Gasteiger partial charge in [0.15, 0.2) is 0 Å². The number of nitro benzene ring substituents is 1. The molecule has 0 aliphatic heterocycles. The zero-order valence-corrected chi connectivity index (χ0v) is 11.4. The molecule has 102 valence electrons. The number of halogens is 2. The minimum Gasteiger partial charge on any atom is -0.307 e. The van der Waals surface area contributed by atoms with Crippen LogP contribution in [-0.4, -0.2) is 15.8 Å². The standard InChI is InChI=1S/C12H7BrFN3O3/c13-8-3-4-15-11(6-8)16-12(18)7-1-2-9(14)10(5-7)17(19)20/h1-6H,(H,15,16,18). The van der Waals surface area contributed by atoms with E-state index in [1.807, 2.05) is 0 Å². The Kier molecular flexibility index (Phi) is 4.04. The second-order valence-corrected chi connectivity index (χ2v) is 4.65. The van der Waals surface area contributed by atoms with Gasteiger partial charge in [-0.15, -0.1) is 0 Å². The van der Waals surface area contributed by atoms with Crippen LogP contribution in [0.15, 0.2) is 41.0 Å². The fourth-order valence-corrected chi connectivity index (χ4v) is 1.79. The molecule has 1 heterocycles. The molecule has 6 nitrogen and oxygen atoms in total. The van der Waals surface area contributed by atoms with E-state index >= 15 is 0 Å². The first-order valence-corrected chi connectivity index (χ1v) is 6.13. The number of nitrogens with zero attached hydrogens (tertiary/aromatic N) is 2. The zero-order valence-electron chi connectivity index (χ0n) is 9.84. The molecular weight excluding hydrogens is 333 g/mol. The molecule has 1 aromatic carbocycles. The predicted molar refractivity (Wildman–Crippen MR) is 72.9 cm³/mol. The minimum absolute atomic E-state index is 0.0279. The molecule has 2 aromatic rings. The SMILES string of the molecule is O=C(Nc1cc(Br)ccn1)c1ccc(F)c([N+](=O)[O-])c1. The molecule has 1 amide bonds. The van der Waals surface area contributed by atoms with E-state index in [0.717, 1.165) is 18.2 Å². The van der Waals surface area contributed by atoms with Crippen LogP contribution in [0.3, 0.4) is 0 Å². The quantitative estimate of drug-likeness (QED) is 0.687. The molecule has 0 aliphatic rings. The first-order chi connectivity index (χ1) is 9.47. The molecule has 0 radical (unpaired) electrons. The molecule has 0 bridgehead atoms. The van der Waals surface area contributed by atoms with E-state index in [4.69, 9.17) is 0 Å². The third kappa shape index (κ3) is 3.15. The van der Waals surface area contributed by atoms with Gasteiger partial charge in [0, 0.05) is 22.3 Å². The minimum atomic E-state index is -0.993. The van der Waals surface area contributed by atoms with Crippen LogP contribution in [0, 0.1) is 15.9 Å². The second kappa shape index (κ2) is 5.74. The summed E-state index contributed by atoms with van der Waals surface area (Å²) in [5.74, 6) is -1.33. The number of rotatable bonds is 3. The van der Waals surface area contributed by atoms with Crippen molar-refractivity contribution >= 4 is 33.3 Å². The maximum absolute atomic E-state index is 13.2. The van der Waals surface area contributed by atoms with Gasteiger partial charge in [0.2, 0.25) is 5.82 Å². The van der Waals surface area contributed by atoms with Gasteiger partial charge < -0.3 is 5.32 Å². The van der Waals surface area contributed by atoms with Gasteiger partial charge in [-0.2, -0.15) is 4.39 Å². The highest BCUT2D eigenvalue weighted by Crippen LogP contribution is 2.19. The molecule has 1 N–H and O–H groups in total. The van der Waals surface area contributed by atoms with Crippen molar-refractivity contribution in [2.45, 2.75) is 0 Å². The Morgan fingerprint density at radius 3 is 2.75 bits per heavy atom. The topological polar surface area (TPSA) is 85.1 Å². The van der Waals surface area contributed by atoms with E-state index in [1.165, 1.54) is 6.20 Å². The fraction of sp³-hybridized carbons (Fsp3) is 0. The van der Waals surface area contributed by atoms with Crippen LogP contribution in [0.2, 0.25) is 0 Å². The average Bonchev–Trinajstić information content (AvgIpc) is 2.38. The lowest BCUT2D eigenvalue weighted by Gasteiger charge is -2.04. The average molecular weight is 340 g/mol. The van der Waals surface area contributed by atoms with Crippen LogP contribution in [0.1, 0.15) is 10.4 Å². The van der Waals surface area contributed by atoms with Crippen LogP contribution in [0.5, 0.6) is 0 Å². The highest BCUT2D eigenvalue weighted by atomic mass is 79.9. The van der Waals surface area contributed by atoms with Gasteiger partial charge in [0.05, 0.1) is 4.92 Å². The Balaban J connectivity index is 2.26. The lowest BCUT2D eigenvalue weighted by atomic mass is 10.2. The lowest BCUT2D eigenvalue weighted by Crippen LogP contribution is -2.13. The molecule has 0 saturated heterocycles. The molecule has 0 aliphatic carbocycles. The summed E-state index contributed by atoms with van der Waals surface area (Å²) in [4.78, 5) is 25.5. The Morgan fingerprint density at radius 1 is 1.35 bits per heavy atom. The van der Waals surface area contributed by atoms with Gasteiger partial charge in [-0.3, -0.25) is 14.9 Å². The van der Waals surface area contributed by atoms with Crippen LogP contribution in [0.4, 0.5) is 15.9 Å². The van der Waals surface area contributed by atoms with E-state index in [2.05, 4.69) is 26.2 Å². The van der Waals surface area contributed by atoms with Crippen molar-refractivity contribution in [3.8, 4) is 0 Å². The van der Waals surface area contributed by atoms with E-state index in [9.17, 15) is 19.3 Å². The number of hydrogen-bond donors (Lipinski definition) is 1. The van der Waals surface area contributed by atoms with Crippen molar-refractivity contribution in [1.29, 1.82) is 0 Å². The highest BCUT2D eigenvalue weighted by Gasteiger charge is 2.17. The molecule has 0 fully saturated rings. The summed E-state index contributed by atoms with van der Waals surface area (Å²) < 4.78 is 13.9. The number of nitro groups is 1. The van der Waals surface area contributed by atoms with Gasteiger partial charge in [-0.1, -0.05) is 15.9 Å². The summed E-state index contributed by atoms with van der Waals surface area (Å²) in [6.45, 7) is 0. The number of carbonyl (C=O) groups excluding carboxylic acids is 1. The van der Waals surface area contributed by atoms with E-state index in [-0.39, 0.29) is 11.4 Å². The summed E-state index contributed by atoms with van der Waals surface area (Å²) in [6.07, 6.45) is 1.48. The molecule has 1 aromatic heterocycles. The summed E-state index contributed by atoms with van der Waals surface area (Å²) in [7, 11) is 0. The number of carbonyl (C=O) groups is 1. The smallest absolute Gasteiger partial charge is 0.305 e. The third-order valence-corrected chi connectivity index (χ3v) is 2.86. The number of benzene rings is 1. The number of hydrogen-bond acceptors (Lipinski definition) is 4. The van der Waals surface area contributed by atoms with E-state index < -0.39 is 22.3 Å². The van der Waals surface area contributed by atoms with E-state index in [0.29, 0.717) is 4.47 Å². The van der Waals surface area contributed by atoms with Crippen LogP contribution < -0.4 is 5.32 Å². The number of amides is 1. The summed E-state index contributed by atoms with van der Waals surface area (Å²) in [5.41, 5.74) is -0.778. The second-order valence-electron chi connectivity index (χ2n) is 3.74. The van der Waals surface area contributed by atoms with Crippen LogP contribution in [0.25, 0.3) is 0 Å². The first-order valence-electron chi connectivity index (χ1n) is 5.34. The molecule has 0 unspecified atom stereocenters. The first kappa shape index (κ1) is 14.1. The molecule has 2 rings (SSSR count). The van der Waals surface area contributed by atoms with E-state index in [1.54, 1.807) is 12.1 Å². The van der Waals surface area contributed by atoms with Crippen molar-refractivity contribution < 1.29 is 14.1 Å². The Labute approximate surface area is 120 Å². The summed E-state index contributed by atoms with van der Waals surface area (Å²) in [5, 5.41) is 13.1. The molecule has 20 heavy (non-hydrogen) atoms. The van der Waals surface area contributed by atoms with Gasteiger partial charge in [-0.05, 0) is 24.3 Å². The van der Waals surface area contributed by atoms with Gasteiger partial charge in [0.25, 0.3) is 5.91 Å². The number of anilines is 1. The zero-order chi connectivity index (χ0) is 14.7. The Morgan fingerprint density at radius 2 is 2.10 bits per heavy atom. The predicted octanol–water partition coefficient (Wildman–Crippen LogP) is 3.14. The summed E-state index contributed by atoms with van der Waals surface area (Å²) >= 11 is 3.22. The number of pyridine rings is 1. The lowest BCUT2D eigenvalue weighted by molar-refractivity contribution is -0.387. The van der Waals surface area contributed by atoms with Gasteiger partial charge in [0.1, 0.15) is 5.82 Å².